The van der Waals surface area contributed by atoms with Crippen LogP contribution in [0.2, 0.25) is 0 Å². The van der Waals surface area contributed by atoms with Gasteiger partial charge in [0.1, 0.15) is 0 Å². The Morgan fingerprint density at radius 3 is 2.95 bits per heavy atom. The van der Waals surface area contributed by atoms with E-state index in [2.05, 4.69) is 15.6 Å². The van der Waals surface area contributed by atoms with Crippen LogP contribution in [0.25, 0.3) is 11.3 Å². The van der Waals surface area contributed by atoms with E-state index in [0.717, 1.165) is 18.4 Å². The Bertz CT molecular complexity index is 712. The molecule has 3 heterocycles. The highest BCUT2D eigenvalue weighted by Crippen LogP contribution is 2.29. The van der Waals surface area contributed by atoms with E-state index in [4.69, 9.17) is 10.2 Å². The number of carbonyl (C=O) groups excluding carboxylic acids is 1. The lowest BCUT2D eigenvalue weighted by molar-refractivity contribution is 0.0896. The lowest BCUT2D eigenvalue weighted by Gasteiger charge is -2.20. The third-order valence-electron chi connectivity index (χ3n) is 4.54. The van der Waals surface area contributed by atoms with Crippen LogP contribution in [0.4, 0.5) is 5.69 Å². The van der Waals surface area contributed by atoms with Gasteiger partial charge in [-0.2, -0.15) is 0 Å². The SMILES string of the molecule is Nc1ccccc1-c1cnc(C(=O)NC2CC3CCC2N3)o1. The number of amides is 1. The molecule has 0 aliphatic carbocycles. The topological polar surface area (TPSA) is 93.2 Å². The van der Waals surface area contributed by atoms with Crippen molar-refractivity contribution in [1.29, 1.82) is 0 Å². The number of rotatable bonds is 3. The summed E-state index contributed by atoms with van der Waals surface area (Å²) < 4.78 is 5.58. The molecule has 2 bridgehead atoms. The molecule has 1 aromatic heterocycles. The van der Waals surface area contributed by atoms with E-state index >= 15 is 0 Å². The lowest BCUT2D eigenvalue weighted by Crippen LogP contribution is -2.43. The normalized spacial score (nSPS) is 26.3. The van der Waals surface area contributed by atoms with Gasteiger partial charge in [0, 0.05) is 29.4 Å². The second-order valence-electron chi connectivity index (χ2n) is 5.98. The summed E-state index contributed by atoms with van der Waals surface area (Å²) in [5.74, 6) is 0.329. The van der Waals surface area contributed by atoms with Gasteiger partial charge in [-0.1, -0.05) is 12.1 Å². The van der Waals surface area contributed by atoms with Gasteiger partial charge < -0.3 is 20.8 Å². The van der Waals surface area contributed by atoms with Crippen molar-refractivity contribution in [3.63, 3.8) is 0 Å². The molecule has 4 rings (SSSR count). The third kappa shape index (κ3) is 2.25. The van der Waals surface area contributed by atoms with Crippen LogP contribution in [-0.4, -0.2) is 29.0 Å². The molecule has 2 aliphatic rings. The lowest BCUT2D eigenvalue weighted by atomic mass is 9.95. The van der Waals surface area contributed by atoms with Gasteiger partial charge in [-0.05, 0) is 31.4 Å². The van der Waals surface area contributed by atoms with Gasteiger partial charge in [0.25, 0.3) is 5.89 Å². The molecule has 3 unspecified atom stereocenters. The van der Waals surface area contributed by atoms with Gasteiger partial charge >= 0.3 is 5.91 Å². The number of para-hydroxylation sites is 1. The molecule has 22 heavy (non-hydrogen) atoms. The van der Waals surface area contributed by atoms with Gasteiger partial charge in [0.05, 0.1) is 6.20 Å². The van der Waals surface area contributed by atoms with Crippen LogP contribution in [0.3, 0.4) is 0 Å². The molecule has 3 atom stereocenters. The zero-order chi connectivity index (χ0) is 15.1. The van der Waals surface area contributed by atoms with Crippen molar-refractivity contribution in [2.45, 2.75) is 37.4 Å². The van der Waals surface area contributed by atoms with Crippen LogP contribution in [0.1, 0.15) is 29.9 Å². The monoisotopic (exact) mass is 298 g/mol. The summed E-state index contributed by atoms with van der Waals surface area (Å²) in [4.78, 5) is 16.4. The van der Waals surface area contributed by atoms with E-state index in [9.17, 15) is 4.79 Å². The second-order valence-corrected chi connectivity index (χ2v) is 5.98. The summed E-state index contributed by atoms with van der Waals surface area (Å²) in [6, 6.07) is 8.45. The molecule has 0 radical (unpaired) electrons. The van der Waals surface area contributed by atoms with Crippen molar-refractivity contribution in [3.8, 4) is 11.3 Å². The Labute approximate surface area is 128 Å². The summed E-state index contributed by atoms with van der Waals surface area (Å²) in [5, 5.41) is 6.51. The maximum Gasteiger partial charge on any atom is 0.307 e. The maximum absolute atomic E-state index is 12.3. The number of anilines is 1. The predicted molar refractivity (Wildman–Crippen MR) is 82.2 cm³/mol. The van der Waals surface area contributed by atoms with Crippen LogP contribution in [0.15, 0.2) is 34.9 Å². The van der Waals surface area contributed by atoms with Crippen molar-refractivity contribution in [1.82, 2.24) is 15.6 Å². The van der Waals surface area contributed by atoms with Crippen LogP contribution >= 0.6 is 0 Å². The first-order valence-electron chi connectivity index (χ1n) is 7.58. The minimum absolute atomic E-state index is 0.0843. The summed E-state index contributed by atoms with van der Waals surface area (Å²) in [6.45, 7) is 0. The molecule has 1 amide bonds. The molecule has 0 spiro atoms. The summed E-state index contributed by atoms with van der Waals surface area (Å²) in [6.07, 6.45) is 4.84. The fourth-order valence-corrected chi connectivity index (χ4v) is 3.44. The van der Waals surface area contributed by atoms with Crippen molar-refractivity contribution in [2.75, 3.05) is 5.73 Å². The minimum atomic E-state index is -0.264. The summed E-state index contributed by atoms with van der Waals surface area (Å²) in [7, 11) is 0. The Morgan fingerprint density at radius 2 is 2.23 bits per heavy atom. The zero-order valence-corrected chi connectivity index (χ0v) is 12.1. The molecule has 4 N–H and O–H groups in total. The number of benzene rings is 1. The highest BCUT2D eigenvalue weighted by molar-refractivity contribution is 5.90. The molecule has 2 aromatic rings. The average molecular weight is 298 g/mol. The second kappa shape index (κ2) is 5.14. The summed E-state index contributed by atoms with van der Waals surface area (Å²) >= 11 is 0. The average Bonchev–Trinajstić information content (AvgIpc) is 3.24. The predicted octanol–water partition coefficient (Wildman–Crippen LogP) is 1.55. The van der Waals surface area contributed by atoms with Crippen LogP contribution in [0.5, 0.6) is 0 Å². The number of nitrogens with two attached hydrogens (primary N) is 1. The highest BCUT2D eigenvalue weighted by Gasteiger charge is 2.40. The van der Waals surface area contributed by atoms with Gasteiger partial charge in [-0.3, -0.25) is 4.79 Å². The molecular formula is C16H18N4O2. The molecule has 0 saturated carbocycles. The van der Waals surface area contributed by atoms with E-state index in [1.54, 1.807) is 12.3 Å². The Balaban J connectivity index is 1.49. The number of carbonyl (C=O) groups is 1. The van der Waals surface area contributed by atoms with Crippen molar-refractivity contribution >= 4 is 11.6 Å². The number of hydrogen-bond acceptors (Lipinski definition) is 5. The van der Waals surface area contributed by atoms with E-state index in [1.165, 1.54) is 6.42 Å². The zero-order valence-electron chi connectivity index (χ0n) is 12.1. The number of aromatic nitrogens is 1. The number of nitrogens with zero attached hydrogens (tertiary/aromatic N) is 1. The standard InChI is InChI=1S/C16H18N4O2/c17-11-4-2-1-3-10(11)14-8-18-16(22-14)15(21)20-13-7-9-5-6-12(13)19-9/h1-4,8-9,12-13,19H,5-7,17H2,(H,20,21). The molecule has 6 nitrogen and oxygen atoms in total. The van der Waals surface area contributed by atoms with Gasteiger partial charge in [-0.25, -0.2) is 4.98 Å². The van der Waals surface area contributed by atoms with Gasteiger partial charge in [0.2, 0.25) is 0 Å². The quantitative estimate of drug-likeness (QED) is 0.748. The van der Waals surface area contributed by atoms with Crippen LogP contribution < -0.4 is 16.4 Å². The largest absolute Gasteiger partial charge is 0.432 e. The van der Waals surface area contributed by atoms with E-state index < -0.39 is 0 Å². The van der Waals surface area contributed by atoms with E-state index in [0.29, 0.717) is 23.5 Å². The van der Waals surface area contributed by atoms with Crippen molar-refractivity contribution < 1.29 is 9.21 Å². The van der Waals surface area contributed by atoms with Crippen LogP contribution in [0, 0.1) is 0 Å². The Kier molecular flexibility index (Phi) is 3.11. The highest BCUT2D eigenvalue weighted by atomic mass is 16.4. The number of nitrogens with one attached hydrogen (secondary N) is 2. The first-order valence-corrected chi connectivity index (χ1v) is 7.58. The molecule has 2 aliphatic heterocycles. The van der Waals surface area contributed by atoms with E-state index in [1.807, 2.05) is 18.2 Å². The van der Waals surface area contributed by atoms with Crippen molar-refractivity contribution in [3.05, 3.63) is 36.4 Å². The third-order valence-corrected chi connectivity index (χ3v) is 4.54. The fraction of sp³-hybridized carbons (Fsp3) is 0.375. The number of oxazole rings is 1. The molecule has 6 heteroatoms. The Hall–Kier alpha value is -2.34. The van der Waals surface area contributed by atoms with Gasteiger partial charge in [0.15, 0.2) is 5.76 Å². The number of fused-ring (bicyclic) bond motifs is 2. The molecule has 1 aromatic carbocycles. The van der Waals surface area contributed by atoms with Crippen molar-refractivity contribution in [2.24, 2.45) is 0 Å². The fourth-order valence-electron chi connectivity index (χ4n) is 3.44. The molecule has 114 valence electrons. The summed E-state index contributed by atoms with van der Waals surface area (Å²) in [5.41, 5.74) is 7.26. The Morgan fingerprint density at radius 1 is 1.36 bits per heavy atom. The molecular weight excluding hydrogens is 280 g/mol. The first kappa shape index (κ1) is 13.3. The van der Waals surface area contributed by atoms with Crippen LogP contribution in [-0.2, 0) is 0 Å². The molecule has 2 fully saturated rings. The van der Waals surface area contributed by atoms with Gasteiger partial charge in [-0.15, -0.1) is 0 Å². The smallest absolute Gasteiger partial charge is 0.307 e. The maximum atomic E-state index is 12.3. The minimum Gasteiger partial charge on any atom is -0.432 e. The number of hydrogen-bond donors (Lipinski definition) is 3. The number of nitrogen functional groups attached to an aromatic ring is 1. The van der Waals surface area contributed by atoms with E-state index in [-0.39, 0.29) is 17.8 Å². The molecule has 2 saturated heterocycles. The first-order chi connectivity index (χ1) is 10.7.